The molecule has 4 nitrogen and oxygen atoms in total. The average Bonchev–Trinajstić information content (AvgIpc) is 3.16. The van der Waals surface area contributed by atoms with Crippen molar-refractivity contribution in [3.05, 3.63) is 35.2 Å². The normalized spacial score (nSPS) is 19.0. The fourth-order valence-electron chi connectivity index (χ4n) is 4.26. The van der Waals surface area contributed by atoms with E-state index in [0.29, 0.717) is 24.3 Å². The summed E-state index contributed by atoms with van der Waals surface area (Å²) >= 11 is 0. The van der Waals surface area contributed by atoms with Gasteiger partial charge >= 0.3 is 6.18 Å². The second-order valence-corrected chi connectivity index (χ2v) is 8.37. The number of hydrogen-bond donors (Lipinski definition) is 1. The summed E-state index contributed by atoms with van der Waals surface area (Å²) in [6.07, 6.45) is 5.09. The molecule has 0 saturated heterocycles. The molecule has 2 aromatic heterocycles. The Balaban J connectivity index is 0.000000188. The van der Waals surface area contributed by atoms with E-state index in [0.717, 1.165) is 62.3 Å². The van der Waals surface area contributed by atoms with Gasteiger partial charge in [0.05, 0.1) is 22.4 Å². The van der Waals surface area contributed by atoms with Crippen LogP contribution >= 0.6 is 0 Å². The Kier molecular flexibility index (Phi) is 6.36. The quantitative estimate of drug-likeness (QED) is 0.715. The van der Waals surface area contributed by atoms with Crippen molar-refractivity contribution in [3.8, 4) is 0 Å². The molecule has 0 spiro atoms. The number of hydrogen-bond acceptors (Lipinski definition) is 3. The van der Waals surface area contributed by atoms with Gasteiger partial charge in [0, 0.05) is 24.6 Å². The maximum Gasteiger partial charge on any atom is 0.416 e. The molecule has 2 heterocycles. The third-order valence-corrected chi connectivity index (χ3v) is 6.15. The number of pyridine rings is 1. The molecule has 2 aromatic rings. The minimum atomic E-state index is -4.29. The van der Waals surface area contributed by atoms with E-state index in [4.69, 9.17) is 0 Å². The summed E-state index contributed by atoms with van der Waals surface area (Å²) in [5.41, 5.74) is 1.21. The Hall–Kier alpha value is -1.89. The molecule has 0 atom stereocenters. The summed E-state index contributed by atoms with van der Waals surface area (Å²) in [5, 5.41) is 14.1. The van der Waals surface area contributed by atoms with Crippen molar-refractivity contribution < 1.29 is 23.1 Å². The number of aryl methyl sites for hydroxylation is 1. The second kappa shape index (κ2) is 8.46. The highest BCUT2D eigenvalue weighted by molar-refractivity contribution is 5.79. The van der Waals surface area contributed by atoms with Crippen LogP contribution in [0.1, 0.15) is 87.4 Å². The van der Waals surface area contributed by atoms with Crippen LogP contribution in [0.2, 0.25) is 0 Å². The lowest BCUT2D eigenvalue weighted by atomic mass is 9.79. The molecule has 2 aliphatic carbocycles. The minimum absolute atomic E-state index is 0.189. The predicted molar refractivity (Wildman–Crippen MR) is 105 cm³/mol. The van der Waals surface area contributed by atoms with Crippen LogP contribution in [0.15, 0.2) is 18.3 Å². The molecular formula is C22H29F3N2O2. The maximum absolute atomic E-state index is 12.7. The van der Waals surface area contributed by atoms with Crippen molar-refractivity contribution in [2.45, 2.75) is 89.3 Å². The zero-order valence-corrected chi connectivity index (χ0v) is 17.1. The third kappa shape index (κ3) is 5.00. The number of carbonyl (C=O) groups is 1. The zero-order valence-electron chi connectivity index (χ0n) is 17.1. The van der Waals surface area contributed by atoms with Crippen LogP contribution in [0.5, 0.6) is 0 Å². The molecular weight excluding hydrogens is 381 g/mol. The second-order valence-electron chi connectivity index (χ2n) is 8.37. The summed E-state index contributed by atoms with van der Waals surface area (Å²) in [6, 6.07) is 2.29. The first kappa shape index (κ1) is 21.8. The SMILES string of the molecule is CCC(=O)CC1(O)CCCC1.Cc1nn2ccc(C(F)(F)F)cc2c1C1CCC1. The number of carbonyl (C=O) groups excluding carboxylic acids is 1. The van der Waals surface area contributed by atoms with Gasteiger partial charge in [-0.3, -0.25) is 4.79 Å². The van der Waals surface area contributed by atoms with Gasteiger partial charge in [-0.2, -0.15) is 18.3 Å². The Morgan fingerprint density at radius 2 is 1.93 bits per heavy atom. The first-order valence-electron chi connectivity index (χ1n) is 10.4. The number of alkyl halides is 3. The van der Waals surface area contributed by atoms with Gasteiger partial charge in [0.15, 0.2) is 0 Å². The van der Waals surface area contributed by atoms with Gasteiger partial charge < -0.3 is 5.11 Å². The van der Waals surface area contributed by atoms with Crippen LogP contribution in [0.3, 0.4) is 0 Å². The molecule has 0 radical (unpaired) electrons. The van der Waals surface area contributed by atoms with E-state index in [1.54, 1.807) is 4.52 Å². The number of rotatable bonds is 4. The summed E-state index contributed by atoms with van der Waals surface area (Å²) in [7, 11) is 0. The molecule has 4 rings (SSSR count). The Labute approximate surface area is 169 Å². The van der Waals surface area contributed by atoms with Crippen LogP contribution in [-0.2, 0) is 11.0 Å². The van der Waals surface area contributed by atoms with E-state index < -0.39 is 17.3 Å². The van der Waals surface area contributed by atoms with Crippen LogP contribution < -0.4 is 0 Å². The summed E-state index contributed by atoms with van der Waals surface area (Å²) in [5.74, 6) is 0.570. The van der Waals surface area contributed by atoms with Crippen molar-refractivity contribution in [2.75, 3.05) is 0 Å². The van der Waals surface area contributed by atoms with Crippen molar-refractivity contribution in [3.63, 3.8) is 0 Å². The van der Waals surface area contributed by atoms with Crippen molar-refractivity contribution in [1.82, 2.24) is 9.61 Å². The summed E-state index contributed by atoms with van der Waals surface area (Å²) < 4.78 is 39.7. The molecule has 1 N–H and O–H groups in total. The van der Waals surface area contributed by atoms with Crippen LogP contribution in [0.25, 0.3) is 5.52 Å². The van der Waals surface area contributed by atoms with Crippen molar-refractivity contribution >= 4 is 11.3 Å². The molecule has 7 heteroatoms. The summed E-state index contributed by atoms with van der Waals surface area (Å²) in [6.45, 7) is 3.72. The number of fused-ring (bicyclic) bond motifs is 1. The average molecular weight is 410 g/mol. The highest BCUT2D eigenvalue weighted by Gasteiger charge is 2.33. The van der Waals surface area contributed by atoms with Gasteiger partial charge in [0.25, 0.3) is 0 Å². The van der Waals surface area contributed by atoms with Crippen molar-refractivity contribution in [1.29, 1.82) is 0 Å². The lowest BCUT2D eigenvalue weighted by Crippen LogP contribution is -2.27. The highest BCUT2D eigenvalue weighted by atomic mass is 19.4. The lowest BCUT2D eigenvalue weighted by Gasteiger charge is -2.25. The van der Waals surface area contributed by atoms with E-state index in [9.17, 15) is 23.1 Å². The van der Waals surface area contributed by atoms with Crippen LogP contribution in [0, 0.1) is 6.92 Å². The highest BCUT2D eigenvalue weighted by Crippen LogP contribution is 2.41. The Morgan fingerprint density at radius 1 is 1.28 bits per heavy atom. The minimum Gasteiger partial charge on any atom is -0.389 e. The van der Waals surface area contributed by atoms with Gasteiger partial charge in [-0.1, -0.05) is 26.2 Å². The molecule has 0 unspecified atom stereocenters. The molecule has 2 aliphatic rings. The molecule has 2 fully saturated rings. The fourth-order valence-corrected chi connectivity index (χ4v) is 4.26. The third-order valence-electron chi connectivity index (χ3n) is 6.15. The van der Waals surface area contributed by atoms with Crippen LogP contribution in [0.4, 0.5) is 13.2 Å². The van der Waals surface area contributed by atoms with E-state index in [1.807, 2.05) is 13.8 Å². The summed E-state index contributed by atoms with van der Waals surface area (Å²) in [4.78, 5) is 11.0. The number of Topliss-reactive ketones (excluding diaryl/α,β-unsaturated/α-hetero) is 1. The Morgan fingerprint density at radius 3 is 2.45 bits per heavy atom. The Bertz CT molecular complexity index is 863. The standard InChI is InChI=1S/C13H13F3N2.C9H16O2/c1-8-12(9-3-2-4-9)11-7-10(13(14,15)16)5-6-18(11)17-8;1-2-8(10)7-9(11)5-3-4-6-9/h5-7,9H,2-4H2,1H3;11H,2-7H2,1H3. The number of nitrogens with zero attached hydrogens (tertiary/aromatic N) is 2. The predicted octanol–water partition coefficient (Wildman–Crippen LogP) is 5.59. The monoisotopic (exact) mass is 410 g/mol. The maximum atomic E-state index is 12.7. The number of aromatic nitrogens is 2. The zero-order chi connectivity index (χ0) is 21.2. The van der Waals surface area contributed by atoms with E-state index in [-0.39, 0.29) is 5.78 Å². The van der Waals surface area contributed by atoms with E-state index in [1.165, 1.54) is 12.3 Å². The first-order chi connectivity index (χ1) is 13.6. The van der Waals surface area contributed by atoms with E-state index >= 15 is 0 Å². The molecule has 0 aliphatic heterocycles. The van der Waals surface area contributed by atoms with Gasteiger partial charge in [0.1, 0.15) is 5.78 Å². The smallest absolute Gasteiger partial charge is 0.389 e. The fraction of sp³-hybridized carbons (Fsp3) is 0.636. The molecule has 29 heavy (non-hydrogen) atoms. The largest absolute Gasteiger partial charge is 0.416 e. The van der Waals surface area contributed by atoms with Crippen molar-refractivity contribution in [2.24, 2.45) is 0 Å². The molecule has 0 aromatic carbocycles. The topological polar surface area (TPSA) is 54.6 Å². The molecule has 2 saturated carbocycles. The van der Waals surface area contributed by atoms with Gasteiger partial charge in [0.2, 0.25) is 0 Å². The molecule has 160 valence electrons. The lowest BCUT2D eigenvalue weighted by molar-refractivity contribution is -0.137. The van der Waals surface area contributed by atoms with E-state index in [2.05, 4.69) is 5.10 Å². The van der Waals surface area contributed by atoms with Gasteiger partial charge in [-0.25, -0.2) is 4.52 Å². The molecule has 0 amide bonds. The number of aliphatic hydroxyl groups is 1. The van der Waals surface area contributed by atoms with Gasteiger partial charge in [-0.05, 0) is 50.7 Å². The van der Waals surface area contributed by atoms with Crippen LogP contribution in [-0.4, -0.2) is 26.1 Å². The number of ketones is 1. The van der Waals surface area contributed by atoms with Gasteiger partial charge in [-0.15, -0.1) is 0 Å². The first-order valence-corrected chi connectivity index (χ1v) is 10.4. The molecule has 0 bridgehead atoms. The number of halogens is 3.